The fraction of sp³-hybridized carbons (Fsp3) is 0.462. The van der Waals surface area contributed by atoms with Crippen molar-refractivity contribution in [3.05, 3.63) is 29.8 Å². The summed E-state index contributed by atoms with van der Waals surface area (Å²) in [7, 11) is 0. The summed E-state index contributed by atoms with van der Waals surface area (Å²) >= 11 is 1.51. The maximum absolute atomic E-state index is 11.5. The van der Waals surface area contributed by atoms with Crippen LogP contribution in [0.3, 0.4) is 0 Å². The molecule has 0 heterocycles. The Labute approximate surface area is 107 Å². The van der Waals surface area contributed by atoms with E-state index < -0.39 is 0 Å². The normalized spacial score (nSPS) is 11.3. The van der Waals surface area contributed by atoms with E-state index in [0.717, 1.165) is 4.90 Å². The van der Waals surface area contributed by atoms with Crippen LogP contribution in [0.1, 0.15) is 26.3 Å². The van der Waals surface area contributed by atoms with Crippen LogP contribution in [0, 0.1) is 6.92 Å². The molecular formula is C13H19NO2S. The van der Waals surface area contributed by atoms with Gasteiger partial charge in [0.05, 0.1) is 11.4 Å². The number of thioether (sulfide) groups is 1. The average molecular weight is 253 g/mol. The van der Waals surface area contributed by atoms with Gasteiger partial charge in [-0.15, -0.1) is 11.8 Å². The largest absolute Gasteiger partial charge is 0.272 e. The monoisotopic (exact) mass is 253 g/mol. The van der Waals surface area contributed by atoms with Crippen molar-refractivity contribution in [2.75, 3.05) is 5.75 Å². The molecule has 0 radical (unpaired) electrons. The van der Waals surface area contributed by atoms with Crippen LogP contribution in [0.25, 0.3) is 0 Å². The van der Waals surface area contributed by atoms with E-state index in [-0.39, 0.29) is 11.5 Å². The van der Waals surface area contributed by atoms with Gasteiger partial charge in [0, 0.05) is 4.90 Å². The number of carbonyl (C=O) groups excluding carboxylic acids is 1. The maximum Gasteiger partial charge on any atom is 0.253 e. The van der Waals surface area contributed by atoms with Crippen molar-refractivity contribution in [3.63, 3.8) is 0 Å². The SMILES string of the molecule is Cc1ccccc1SCC(=O)NOC(C)(C)C. The van der Waals surface area contributed by atoms with Gasteiger partial charge in [-0.1, -0.05) is 18.2 Å². The molecule has 1 aromatic carbocycles. The molecule has 0 saturated heterocycles. The summed E-state index contributed by atoms with van der Waals surface area (Å²) in [4.78, 5) is 17.8. The van der Waals surface area contributed by atoms with Crippen LogP contribution in [0.5, 0.6) is 0 Å². The first kappa shape index (κ1) is 14.1. The number of hydroxylamine groups is 1. The number of hydrogen-bond acceptors (Lipinski definition) is 3. The minimum Gasteiger partial charge on any atom is -0.272 e. The summed E-state index contributed by atoms with van der Waals surface area (Å²) in [6, 6.07) is 8.00. The Kier molecular flexibility index (Phi) is 5.02. The number of aryl methyl sites for hydroxylation is 1. The minimum absolute atomic E-state index is 0.117. The predicted octanol–water partition coefficient (Wildman–Crippen LogP) is 2.93. The molecule has 0 aliphatic heterocycles. The van der Waals surface area contributed by atoms with Gasteiger partial charge in [-0.3, -0.25) is 9.63 Å². The number of rotatable bonds is 4. The van der Waals surface area contributed by atoms with Gasteiger partial charge in [0.15, 0.2) is 0 Å². The Morgan fingerprint density at radius 3 is 2.59 bits per heavy atom. The lowest BCUT2D eigenvalue weighted by molar-refractivity contribution is -0.142. The zero-order valence-corrected chi connectivity index (χ0v) is 11.6. The molecule has 0 atom stereocenters. The molecule has 1 N–H and O–H groups in total. The molecule has 4 heteroatoms. The molecule has 94 valence electrons. The summed E-state index contributed by atoms with van der Waals surface area (Å²) in [6.07, 6.45) is 0. The molecule has 0 spiro atoms. The summed E-state index contributed by atoms with van der Waals surface area (Å²) in [5.41, 5.74) is 3.28. The van der Waals surface area contributed by atoms with Gasteiger partial charge in [0.2, 0.25) is 0 Å². The van der Waals surface area contributed by atoms with Crippen molar-refractivity contribution in [1.29, 1.82) is 0 Å². The third-order valence-electron chi connectivity index (χ3n) is 1.92. The molecule has 0 aliphatic rings. The van der Waals surface area contributed by atoms with Gasteiger partial charge >= 0.3 is 0 Å². The van der Waals surface area contributed by atoms with Crippen LogP contribution in [-0.2, 0) is 9.63 Å². The zero-order chi connectivity index (χ0) is 12.9. The topological polar surface area (TPSA) is 38.3 Å². The first-order valence-corrected chi connectivity index (χ1v) is 6.52. The highest BCUT2D eigenvalue weighted by atomic mass is 32.2. The number of benzene rings is 1. The third-order valence-corrected chi connectivity index (χ3v) is 3.10. The molecular weight excluding hydrogens is 234 g/mol. The van der Waals surface area contributed by atoms with Crippen molar-refractivity contribution in [2.24, 2.45) is 0 Å². The molecule has 0 saturated carbocycles. The van der Waals surface area contributed by atoms with Crippen LogP contribution in [0.2, 0.25) is 0 Å². The van der Waals surface area contributed by atoms with Crippen LogP contribution >= 0.6 is 11.8 Å². The molecule has 1 aromatic rings. The zero-order valence-electron chi connectivity index (χ0n) is 10.7. The lowest BCUT2D eigenvalue weighted by Gasteiger charge is -2.18. The molecule has 0 bridgehead atoms. The maximum atomic E-state index is 11.5. The van der Waals surface area contributed by atoms with Gasteiger partial charge < -0.3 is 0 Å². The van der Waals surface area contributed by atoms with Crippen molar-refractivity contribution in [3.8, 4) is 0 Å². The summed E-state index contributed by atoms with van der Waals surface area (Å²) in [6.45, 7) is 7.71. The minimum atomic E-state index is -0.358. The van der Waals surface area contributed by atoms with Gasteiger partial charge in [-0.25, -0.2) is 5.48 Å². The Balaban J connectivity index is 2.36. The Morgan fingerprint density at radius 1 is 1.35 bits per heavy atom. The second kappa shape index (κ2) is 6.07. The standard InChI is InChI=1S/C13H19NO2S/c1-10-7-5-6-8-11(10)17-9-12(15)14-16-13(2,3)4/h5-8H,9H2,1-4H3,(H,14,15). The Morgan fingerprint density at radius 2 is 2.00 bits per heavy atom. The summed E-state index contributed by atoms with van der Waals surface area (Å²) in [5.74, 6) is 0.245. The van der Waals surface area contributed by atoms with Crippen molar-refractivity contribution in [1.82, 2.24) is 5.48 Å². The Hall–Kier alpha value is -1.00. The lowest BCUT2D eigenvalue weighted by Crippen LogP contribution is -2.34. The highest BCUT2D eigenvalue weighted by Gasteiger charge is 2.13. The highest BCUT2D eigenvalue weighted by Crippen LogP contribution is 2.21. The number of amides is 1. The molecule has 17 heavy (non-hydrogen) atoms. The summed E-state index contributed by atoms with van der Waals surface area (Å²) < 4.78 is 0. The number of nitrogens with one attached hydrogen (secondary N) is 1. The first-order chi connectivity index (χ1) is 7.88. The Bertz CT molecular complexity index is 385. The van der Waals surface area contributed by atoms with Gasteiger partial charge in [-0.2, -0.15) is 0 Å². The van der Waals surface area contributed by atoms with Gasteiger partial charge in [0.25, 0.3) is 5.91 Å². The first-order valence-electron chi connectivity index (χ1n) is 5.54. The average Bonchev–Trinajstić information content (AvgIpc) is 2.24. The molecule has 0 fully saturated rings. The van der Waals surface area contributed by atoms with E-state index in [9.17, 15) is 4.79 Å². The van der Waals surface area contributed by atoms with E-state index in [1.807, 2.05) is 52.0 Å². The van der Waals surface area contributed by atoms with E-state index in [1.54, 1.807) is 0 Å². The third kappa shape index (κ3) is 5.75. The van der Waals surface area contributed by atoms with Crippen LogP contribution in [0.4, 0.5) is 0 Å². The van der Waals surface area contributed by atoms with Crippen LogP contribution in [-0.4, -0.2) is 17.3 Å². The molecule has 0 unspecified atom stereocenters. The smallest absolute Gasteiger partial charge is 0.253 e. The lowest BCUT2D eigenvalue weighted by atomic mass is 10.2. The molecule has 3 nitrogen and oxygen atoms in total. The second-order valence-electron chi connectivity index (χ2n) is 4.79. The van der Waals surface area contributed by atoms with E-state index in [4.69, 9.17) is 4.84 Å². The van der Waals surface area contributed by atoms with Gasteiger partial charge in [0.1, 0.15) is 0 Å². The van der Waals surface area contributed by atoms with E-state index >= 15 is 0 Å². The quantitative estimate of drug-likeness (QED) is 0.662. The molecule has 0 aliphatic carbocycles. The van der Waals surface area contributed by atoms with Crippen LogP contribution in [0.15, 0.2) is 29.2 Å². The molecule has 1 amide bonds. The van der Waals surface area contributed by atoms with Gasteiger partial charge in [-0.05, 0) is 39.3 Å². The van der Waals surface area contributed by atoms with Crippen molar-refractivity contribution in [2.45, 2.75) is 38.2 Å². The van der Waals surface area contributed by atoms with E-state index in [2.05, 4.69) is 5.48 Å². The molecule has 1 rings (SSSR count). The van der Waals surface area contributed by atoms with Crippen LogP contribution < -0.4 is 5.48 Å². The molecule has 0 aromatic heterocycles. The number of hydrogen-bond donors (Lipinski definition) is 1. The fourth-order valence-electron chi connectivity index (χ4n) is 1.10. The van der Waals surface area contributed by atoms with E-state index in [0.29, 0.717) is 5.75 Å². The second-order valence-corrected chi connectivity index (χ2v) is 5.81. The number of carbonyl (C=O) groups is 1. The van der Waals surface area contributed by atoms with Crippen molar-refractivity contribution < 1.29 is 9.63 Å². The summed E-state index contributed by atoms with van der Waals surface area (Å²) in [5, 5.41) is 0. The predicted molar refractivity (Wildman–Crippen MR) is 70.9 cm³/mol. The van der Waals surface area contributed by atoms with E-state index in [1.165, 1.54) is 17.3 Å². The fourth-order valence-corrected chi connectivity index (χ4v) is 1.92. The van der Waals surface area contributed by atoms with Crippen molar-refractivity contribution >= 4 is 17.7 Å². The highest BCUT2D eigenvalue weighted by molar-refractivity contribution is 8.00.